The van der Waals surface area contributed by atoms with Crippen LogP contribution in [0.3, 0.4) is 0 Å². The number of nitrogens with zero attached hydrogens (tertiary/aromatic N) is 1. The molecule has 0 bridgehead atoms. The van der Waals surface area contributed by atoms with Gasteiger partial charge >= 0.3 is 0 Å². The van der Waals surface area contributed by atoms with E-state index in [2.05, 4.69) is 11.6 Å². The summed E-state index contributed by atoms with van der Waals surface area (Å²) in [7, 11) is -3.48. The molecule has 0 fully saturated rings. The summed E-state index contributed by atoms with van der Waals surface area (Å²) >= 11 is 1.26. The number of amides is 1. The molecule has 1 amide bonds. The molecule has 1 aliphatic heterocycles. The Labute approximate surface area is 152 Å². The van der Waals surface area contributed by atoms with Gasteiger partial charge in [-0.15, -0.1) is 11.3 Å². The fourth-order valence-electron chi connectivity index (χ4n) is 3.00. The number of hydrogen-bond donors (Lipinski definition) is 1. The SMILES string of the molecule is CCCN1C(=O)CCc2cc(CNS(=O)(=O)c3ccc(C)s3)ccc21. The third kappa shape index (κ3) is 3.94. The van der Waals surface area contributed by atoms with Crippen molar-refractivity contribution in [1.29, 1.82) is 0 Å². The van der Waals surface area contributed by atoms with Crippen molar-refractivity contribution in [3.05, 3.63) is 46.3 Å². The molecule has 1 aromatic heterocycles. The highest BCUT2D eigenvalue weighted by Crippen LogP contribution is 2.29. The van der Waals surface area contributed by atoms with E-state index >= 15 is 0 Å². The van der Waals surface area contributed by atoms with Gasteiger partial charge in [-0.3, -0.25) is 4.79 Å². The van der Waals surface area contributed by atoms with Crippen molar-refractivity contribution < 1.29 is 13.2 Å². The number of thiophene rings is 1. The minimum atomic E-state index is -3.48. The van der Waals surface area contributed by atoms with Crippen molar-refractivity contribution in [2.45, 2.75) is 43.9 Å². The van der Waals surface area contributed by atoms with Crippen LogP contribution in [0.2, 0.25) is 0 Å². The Bertz CT molecular complexity index is 887. The number of carbonyl (C=O) groups is 1. The van der Waals surface area contributed by atoms with Crippen LogP contribution >= 0.6 is 11.3 Å². The second-order valence-corrected chi connectivity index (χ2v) is 9.48. The Balaban J connectivity index is 1.76. The molecule has 2 aromatic rings. The van der Waals surface area contributed by atoms with Gasteiger partial charge in [0, 0.05) is 30.1 Å². The summed E-state index contributed by atoms with van der Waals surface area (Å²) in [4.78, 5) is 14.9. The van der Waals surface area contributed by atoms with Crippen LogP contribution in [0.15, 0.2) is 34.5 Å². The first-order valence-corrected chi connectivity index (χ1v) is 10.7. The second kappa shape index (κ2) is 7.27. The first-order chi connectivity index (χ1) is 11.9. The third-order valence-corrected chi connectivity index (χ3v) is 7.13. The number of rotatable bonds is 6. The topological polar surface area (TPSA) is 66.5 Å². The molecule has 0 spiro atoms. The zero-order valence-corrected chi connectivity index (χ0v) is 16.0. The number of carbonyl (C=O) groups excluding carboxylic acids is 1. The number of hydrogen-bond acceptors (Lipinski definition) is 4. The molecule has 0 unspecified atom stereocenters. The molecule has 25 heavy (non-hydrogen) atoms. The summed E-state index contributed by atoms with van der Waals surface area (Å²) in [5.41, 5.74) is 2.97. The fourth-order valence-corrected chi connectivity index (χ4v) is 5.34. The second-order valence-electron chi connectivity index (χ2n) is 6.20. The molecule has 0 saturated heterocycles. The van der Waals surface area contributed by atoms with Gasteiger partial charge in [0.1, 0.15) is 4.21 Å². The number of sulfonamides is 1. The summed E-state index contributed by atoms with van der Waals surface area (Å²) in [6.45, 7) is 4.90. The van der Waals surface area contributed by atoms with E-state index in [1.54, 1.807) is 12.1 Å². The van der Waals surface area contributed by atoms with Crippen LogP contribution in [-0.4, -0.2) is 20.9 Å². The summed E-state index contributed by atoms with van der Waals surface area (Å²) in [5, 5.41) is 0. The number of fused-ring (bicyclic) bond motifs is 1. The van der Waals surface area contributed by atoms with E-state index in [1.807, 2.05) is 30.0 Å². The minimum Gasteiger partial charge on any atom is -0.312 e. The van der Waals surface area contributed by atoms with Crippen LogP contribution in [0, 0.1) is 6.92 Å². The Morgan fingerprint density at radius 1 is 1.20 bits per heavy atom. The van der Waals surface area contributed by atoms with E-state index in [9.17, 15) is 13.2 Å². The average molecular weight is 379 g/mol. The minimum absolute atomic E-state index is 0.163. The first-order valence-electron chi connectivity index (χ1n) is 8.39. The van der Waals surface area contributed by atoms with Gasteiger partial charge in [0.25, 0.3) is 0 Å². The molecule has 0 aliphatic carbocycles. The summed E-state index contributed by atoms with van der Waals surface area (Å²) in [6.07, 6.45) is 2.13. The molecule has 1 aliphatic rings. The lowest BCUT2D eigenvalue weighted by Crippen LogP contribution is -2.35. The molecule has 134 valence electrons. The molecule has 7 heteroatoms. The molecule has 1 N–H and O–H groups in total. The van der Waals surface area contributed by atoms with Gasteiger partial charge in [-0.25, -0.2) is 13.1 Å². The third-order valence-electron chi connectivity index (χ3n) is 4.24. The highest BCUT2D eigenvalue weighted by molar-refractivity contribution is 7.91. The van der Waals surface area contributed by atoms with Crippen LogP contribution in [0.25, 0.3) is 0 Å². The van der Waals surface area contributed by atoms with Crippen molar-refractivity contribution in [3.63, 3.8) is 0 Å². The lowest BCUT2D eigenvalue weighted by molar-refractivity contribution is -0.118. The lowest BCUT2D eigenvalue weighted by Gasteiger charge is -2.29. The van der Waals surface area contributed by atoms with Gasteiger partial charge in [0.05, 0.1) is 0 Å². The van der Waals surface area contributed by atoms with Crippen LogP contribution in [0.4, 0.5) is 5.69 Å². The van der Waals surface area contributed by atoms with E-state index < -0.39 is 10.0 Å². The maximum absolute atomic E-state index is 12.3. The van der Waals surface area contributed by atoms with E-state index in [-0.39, 0.29) is 12.5 Å². The molecule has 0 atom stereocenters. The number of aryl methyl sites for hydroxylation is 2. The van der Waals surface area contributed by atoms with Crippen LogP contribution in [0.1, 0.15) is 35.8 Å². The zero-order chi connectivity index (χ0) is 18.0. The smallest absolute Gasteiger partial charge is 0.250 e. The average Bonchev–Trinajstić information content (AvgIpc) is 3.03. The Morgan fingerprint density at radius 3 is 2.68 bits per heavy atom. The molecule has 2 heterocycles. The standard InChI is InChI=1S/C18H22N2O3S2/c1-3-10-20-16-7-5-14(11-15(16)6-8-17(20)21)12-19-25(22,23)18-9-4-13(2)24-18/h4-5,7,9,11,19H,3,6,8,10,12H2,1-2H3. The van der Waals surface area contributed by atoms with Crippen molar-refractivity contribution in [1.82, 2.24) is 4.72 Å². The van der Waals surface area contributed by atoms with Gasteiger partial charge in [-0.05, 0) is 49.1 Å². The van der Waals surface area contributed by atoms with E-state index in [0.717, 1.165) is 34.7 Å². The van der Waals surface area contributed by atoms with Crippen LogP contribution in [0.5, 0.6) is 0 Å². The monoisotopic (exact) mass is 378 g/mol. The lowest BCUT2D eigenvalue weighted by atomic mass is 9.98. The van der Waals surface area contributed by atoms with Crippen molar-refractivity contribution in [2.24, 2.45) is 0 Å². The molecular formula is C18H22N2O3S2. The maximum Gasteiger partial charge on any atom is 0.250 e. The van der Waals surface area contributed by atoms with Crippen LogP contribution in [-0.2, 0) is 27.8 Å². The predicted octanol–water partition coefficient (Wildman–Crippen LogP) is 3.22. The van der Waals surface area contributed by atoms with E-state index in [0.29, 0.717) is 17.1 Å². The largest absolute Gasteiger partial charge is 0.312 e. The highest BCUT2D eigenvalue weighted by atomic mass is 32.2. The van der Waals surface area contributed by atoms with E-state index in [4.69, 9.17) is 0 Å². The summed E-state index contributed by atoms with van der Waals surface area (Å²) < 4.78 is 27.7. The van der Waals surface area contributed by atoms with Gasteiger partial charge in [0.2, 0.25) is 15.9 Å². The predicted molar refractivity (Wildman–Crippen MR) is 100 cm³/mol. The zero-order valence-electron chi connectivity index (χ0n) is 14.4. The number of nitrogens with one attached hydrogen (secondary N) is 1. The number of anilines is 1. The molecular weight excluding hydrogens is 356 g/mol. The van der Waals surface area contributed by atoms with Gasteiger partial charge < -0.3 is 4.90 Å². The summed E-state index contributed by atoms with van der Waals surface area (Å²) in [6, 6.07) is 9.26. The first kappa shape index (κ1) is 18.1. The van der Waals surface area contributed by atoms with Gasteiger partial charge in [0.15, 0.2) is 0 Å². The Morgan fingerprint density at radius 2 is 2.00 bits per heavy atom. The summed E-state index contributed by atoms with van der Waals surface area (Å²) in [5.74, 6) is 0.163. The van der Waals surface area contributed by atoms with Crippen molar-refractivity contribution >= 4 is 33.0 Å². The molecule has 0 radical (unpaired) electrons. The maximum atomic E-state index is 12.3. The quantitative estimate of drug-likeness (QED) is 0.839. The molecule has 0 saturated carbocycles. The van der Waals surface area contributed by atoms with Crippen molar-refractivity contribution in [3.8, 4) is 0 Å². The van der Waals surface area contributed by atoms with Crippen molar-refractivity contribution in [2.75, 3.05) is 11.4 Å². The van der Waals surface area contributed by atoms with Crippen LogP contribution < -0.4 is 9.62 Å². The molecule has 5 nitrogen and oxygen atoms in total. The molecule has 3 rings (SSSR count). The normalized spacial score (nSPS) is 14.6. The Hall–Kier alpha value is -1.70. The van der Waals surface area contributed by atoms with Gasteiger partial charge in [-0.2, -0.15) is 0 Å². The Kier molecular flexibility index (Phi) is 5.27. The van der Waals surface area contributed by atoms with E-state index in [1.165, 1.54) is 11.3 Å². The van der Waals surface area contributed by atoms with Gasteiger partial charge in [-0.1, -0.05) is 19.1 Å². The number of benzene rings is 1. The molecule has 1 aromatic carbocycles. The highest BCUT2D eigenvalue weighted by Gasteiger charge is 2.23. The fraction of sp³-hybridized carbons (Fsp3) is 0.389.